The molecule has 0 saturated carbocycles. The van der Waals surface area contributed by atoms with Crippen molar-refractivity contribution in [2.45, 2.75) is 99.4 Å². The van der Waals surface area contributed by atoms with Crippen LogP contribution in [0.1, 0.15) is 69.2 Å². The maximum absolute atomic E-state index is 4.12. The molecule has 0 amide bonds. The van der Waals surface area contributed by atoms with Crippen molar-refractivity contribution in [1.29, 1.82) is 0 Å². The van der Waals surface area contributed by atoms with Crippen LogP contribution >= 0.6 is 0 Å². The Hall–Kier alpha value is -0.832. The van der Waals surface area contributed by atoms with Crippen LogP contribution < -0.4 is 0 Å². The summed E-state index contributed by atoms with van der Waals surface area (Å²) in [5.41, 5.74) is 0. The fraction of sp³-hybridized carbons (Fsp3) is 0.789. The van der Waals surface area contributed by atoms with E-state index in [0.717, 1.165) is 0 Å². The van der Waals surface area contributed by atoms with Gasteiger partial charge in [0.2, 0.25) is 0 Å². The summed E-state index contributed by atoms with van der Waals surface area (Å²) in [4.78, 5) is 0. The van der Waals surface area contributed by atoms with E-state index in [1.54, 1.807) is 24.8 Å². The summed E-state index contributed by atoms with van der Waals surface area (Å²) < 4.78 is 3.97. The van der Waals surface area contributed by atoms with Gasteiger partial charge in [-0.25, -0.2) is 24.8 Å². The second-order valence-corrected chi connectivity index (χ2v) is 7.52. The van der Waals surface area contributed by atoms with Crippen LogP contribution in [-0.2, 0) is 19.6 Å². The van der Waals surface area contributed by atoms with Crippen molar-refractivity contribution in [2.24, 2.45) is 3.50 Å². The summed E-state index contributed by atoms with van der Waals surface area (Å²) in [6.07, 6.45) is 7.02. The average molecular weight is 521 g/mol. The van der Waals surface area contributed by atoms with E-state index in [1.807, 2.05) is 55.4 Å². The van der Waals surface area contributed by atoms with E-state index in [0.29, 0.717) is 30.2 Å². The van der Waals surface area contributed by atoms with E-state index in [1.165, 1.54) is 19.6 Å². The molecule has 0 atom stereocenters. The van der Waals surface area contributed by atoms with Crippen LogP contribution in [0.15, 0.2) is 28.3 Å². The molecule has 0 N–H and O–H groups in total. The van der Waals surface area contributed by atoms with Gasteiger partial charge in [-0.3, -0.25) is 0 Å². The van der Waals surface area contributed by atoms with Crippen molar-refractivity contribution in [3.8, 4) is 0 Å². The first-order valence-corrected chi connectivity index (χ1v) is 10.3. The quantitative estimate of drug-likeness (QED) is 0.309. The zero-order chi connectivity index (χ0) is 20.3. The number of hydrogen-bond donors (Lipinski definition) is 0. The van der Waals surface area contributed by atoms with E-state index >= 15 is 0 Å². The van der Waals surface area contributed by atoms with Crippen LogP contribution in [-0.4, -0.2) is 30.2 Å². The molecule has 0 aliphatic heterocycles. The normalized spacial score (nSPS) is 10.8. The summed E-state index contributed by atoms with van der Waals surface area (Å²) in [5.74, 6) is 0. The molecule has 0 fully saturated rings. The Morgan fingerprint density at radius 1 is 0.520 bits per heavy atom. The van der Waals surface area contributed by atoms with Crippen molar-refractivity contribution >= 4 is 0 Å². The molecule has 0 unspecified atom stereocenters. The zero-order valence-corrected chi connectivity index (χ0v) is 20.8. The van der Waals surface area contributed by atoms with Crippen molar-refractivity contribution in [2.75, 3.05) is 0 Å². The SMILES string of the molecule is CC(C)[N-]/C=C\[N-]C(C)C.CC(C)[N-]/C=C\[N-]C(C)C.CC(C)[N]=[W]. The van der Waals surface area contributed by atoms with E-state index in [-0.39, 0.29) is 0 Å². The second-order valence-electron chi connectivity index (χ2n) is 6.77. The summed E-state index contributed by atoms with van der Waals surface area (Å²) in [7, 11) is 0. The van der Waals surface area contributed by atoms with Gasteiger partial charge in [0.1, 0.15) is 0 Å². The molecule has 0 aliphatic rings. The molecule has 0 bridgehead atoms. The Morgan fingerprint density at radius 2 is 0.680 bits per heavy atom. The molecule has 0 aromatic heterocycles. The summed E-state index contributed by atoms with van der Waals surface area (Å²) >= 11 is 1.33. The molecule has 6 heteroatoms. The van der Waals surface area contributed by atoms with Crippen molar-refractivity contribution in [1.82, 2.24) is 0 Å². The fourth-order valence-electron chi connectivity index (χ4n) is 0.842. The number of hydrogen-bond acceptors (Lipinski definition) is 1. The van der Waals surface area contributed by atoms with E-state index in [9.17, 15) is 0 Å². The molecule has 0 aromatic rings. The molecule has 0 radical (unpaired) electrons. The Morgan fingerprint density at radius 3 is 0.760 bits per heavy atom. The van der Waals surface area contributed by atoms with Crippen LogP contribution in [0.5, 0.6) is 0 Å². The summed E-state index contributed by atoms with van der Waals surface area (Å²) in [5, 5.41) is 16.5. The molecule has 25 heavy (non-hydrogen) atoms. The summed E-state index contributed by atoms with van der Waals surface area (Å²) in [6.45, 7) is 20.5. The van der Waals surface area contributed by atoms with Crippen LogP contribution in [0.3, 0.4) is 0 Å². The monoisotopic (exact) mass is 521 g/mol. The van der Waals surface area contributed by atoms with Crippen LogP contribution in [0.25, 0.3) is 21.3 Å². The van der Waals surface area contributed by atoms with Crippen LogP contribution in [0.4, 0.5) is 0 Å². The predicted molar refractivity (Wildman–Crippen MR) is 110 cm³/mol. The average Bonchev–Trinajstić information content (AvgIpc) is 2.48. The van der Waals surface area contributed by atoms with Gasteiger partial charge in [0, 0.05) is 0 Å². The third-order valence-electron chi connectivity index (χ3n) is 1.88. The minimum absolute atomic E-state index is 0.374. The Kier molecular flexibility index (Phi) is 24.6. The second kappa shape index (κ2) is 21.2. The molecular weight excluding hydrogens is 482 g/mol. The fourth-order valence-corrected chi connectivity index (χ4v) is 0.842. The van der Waals surface area contributed by atoms with Crippen LogP contribution in [0.2, 0.25) is 0 Å². The van der Waals surface area contributed by atoms with Gasteiger partial charge < -0.3 is 21.3 Å². The minimum atomic E-state index is 0.374. The topological polar surface area (TPSA) is 68.8 Å². The maximum atomic E-state index is 4.12. The van der Waals surface area contributed by atoms with Gasteiger partial charge in [-0.2, -0.15) is 0 Å². The first kappa shape index (κ1) is 29.0. The van der Waals surface area contributed by atoms with Gasteiger partial charge in [0.05, 0.1) is 0 Å². The van der Waals surface area contributed by atoms with E-state index in [4.69, 9.17) is 0 Å². The Balaban J connectivity index is -0.000000308. The van der Waals surface area contributed by atoms with Gasteiger partial charge >= 0.3 is 43.0 Å². The molecule has 0 aliphatic carbocycles. The third-order valence-corrected chi connectivity index (χ3v) is 3.40. The van der Waals surface area contributed by atoms with Gasteiger partial charge in [0.15, 0.2) is 0 Å². The Labute approximate surface area is 168 Å². The zero-order valence-electron chi connectivity index (χ0n) is 17.8. The molecule has 0 heterocycles. The number of nitrogens with zero attached hydrogens (tertiary/aromatic N) is 5. The Bertz CT molecular complexity index is 274. The van der Waals surface area contributed by atoms with Gasteiger partial charge in [-0.05, 0) is 0 Å². The molecule has 0 spiro atoms. The van der Waals surface area contributed by atoms with Gasteiger partial charge in [-0.1, -0.05) is 55.4 Å². The van der Waals surface area contributed by atoms with E-state index < -0.39 is 0 Å². The van der Waals surface area contributed by atoms with Crippen molar-refractivity contribution < 1.29 is 19.6 Å². The molecular formula is C19H39N5W-4. The van der Waals surface area contributed by atoms with Crippen molar-refractivity contribution in [3.63, 3.8) is 0 Å². The first-order valence-electron chi connectivity index (χ1n) is 8.95. The predicted octanol–water partition coefficient (Wildman–Crippen LogP) is 7.17. The van der Waals surface area contributed by atoms with Gasteiger partial charge in [0.25, 0.3) is 0 Å². The molecule has 0 rings (SSSR count). The van der Waals surface area contributed by atoms with Gasteiger partial charge in [-0.15, -0.1) is 24.2 Å². The molecule has 0 aromatic carbocycles. The van der Waals surface area contributed by atoms with Crippen molar-refractivity contribution in [3.05, 3.63) is 46.1 Å². The summed E-state index contributed by atoms with van der Waals surface area (Å²) in [6, 6.07) is 2.04. The standard InChI is InChI=1S/2C8H16N2.C3H7N.W/c2*1-7(2)9-5-6-10-8(3)4;1-3(2)4;/h2*5-8H,1-4H3;3H,1-2H3;/q2*-2;;/b2*6-5-;;. The molecule has 0 saturated heterocycles. The molecule has 150 valence electrons. The van der Waals surface area contributed by atoms with E-state index in [2.05, 4.69) is 38.6 Å². The van der Waals surface area contributed by atoms with Crippen LogP contribution in [0, 0.1) is 0 Å². The number of rotatable bonds is 9. The first-order chi connectivity index (χ1) is 11.5. The molecule has 5 nitrogen and oxygen atoms in total. The third kappa shape index (κ3) is 45.1.